The van der Waals surface area contributed by atoms with Gasteiger partial charge in [-0.1, -0.05) is 35.0 Å². The van der Waals surface area contributed by atoms with E-state index in [9.17, 15) is 4.79 Å². The van der Waals surface area contributed by atoms with E-state index >= 15 is 0 Å². The van der Waals surface area contributed by atoms with Crippen molar-refractivity contribution < 1.29 is 19.0 Å². The zero-order valence-electron chi connectivity index (χ0n) is 15.5. The van der Waals surface area contributed by atoms with E-state index in [-0.39, 0.29) is 18.4 Å². The van der Waals surface area contributed by atoms with Gasteiger partial charge in [0, 0.05) is 4.47 Å². The second kappa shape index (κ2) is 9.48. The van der Waals surface area contributed by atoms with Gasteiger partial charge in [-0.3, -0.25) is 4.79 Å². The second-order valence-corrected chi connectivity index (χ2v) is 6.71. The Morgan fingerprint density at radius 3 is 2.08 bits per heavy atom. The van der Waals surface area contributed by atoms with Crippen LogP contribution in [0.25, 0.3) is 0 Å². The number of ether oxygens (including phenoxy) is 3. The van der Waals surface area contributed by atoms with Gasteiger partial charge in [-0.2, -0.15) is 0 Å². The van der Waals surface area contributed by atoms with Gasteiger partial charge in [0.15, 0.2) is 11.5 Å². The van der Waals surface area contributed by atoms with Crippen LogP contribution in [0.15, 0.2) is 40.9 Å². The van der Waals surface area contributed by atoms with Crippen molar-refractivity contribution in [1.82, 2.24) is 5.32 Å². The number of carbonyl (C=O) groups is 1. The summed E-state index contributed by atoms with van der Waals surface area (Å²) in [6.07, 6.45) is 1.03. The summed E-state index contributed by atoms with van der Waals surface area (Å²) >= 11 is 3.43. The lowest BCUT2D eigenvalue weighted by molar-refractivity contribution is -0.121. The molecule has 2 aromatic rings. The van der Waals surface area contributed by atoms with E-state index in [1.807, 2.05) is 31.2 Å². The third kappa shape index (κ3) is 4.91. The first-order valence-corrected chi connectivity index (χ1v) is 9.15. The summed E-state index contributed by atoms with van der Waals surface area (Å²) in [4.78, 5) is 12.5. The largest absolute Gasteiger partial charge is 0.493 e. The van der Waals surface area contributed by atoms with Crippen LogP contribution in [0.1, 0.15) is 30.5 Å². The predicted octanol–water partition coefficient (Wildman–Crippen LogP) is 4.28. The standard InChI is InChI=1S/C20H24BrNO4/c1-5-16(14-6-8-15(21)9-7-14)22-19(23)12-13-10-17(24-2)20(26-4)18(11-13)25-3/h6-11,16H,5,12H2,1-4H3,(H,22,23)/t16-/m0/s1. The number of halogens is 1. The first-order chi connectivity index (χ1) is 12.5. The summed E-state index contributed by atoms with van der Waals surface area (Å²) < 4.78 is 17.0. The van der Waals surface area contributed by atoms with Crippen molar-refractivity contribution in [3.63, 3.8) is 0 Å². The maximum Gasteiger partial charge on any atom is 0.224 e. The molecule has 6 heteroatoms. The lowest BCUT2D eigenvalue weighted by Crippen LogP contribution is -2.29. The van der Waals surface area contributed by atoms with E-state index < -0.39 is 0 Å². The summed E-state index contributed by atoms with van der Waals surface area (Å²) in [6, 6.07) is 11.5. The van der Waals surface area contributed by atoms with Crippen LogP contribution in [0.4, 0.5) is 0 Å². The Hall–Kier alpha value is -2.21. The Bertz CT molecular complexity index is 721. The fraction of sp³-hybridized carbons (Fsp3) is 0.350. The minimum atomic E-state index is -0.0611. The molecule has 5 nitrogen and oxygen atoms in total. The van der Waals surface area contributed by atoms with E-state index in [0.29, 0.717) is 17.2 Å². The number of hydrogen-bond acceptors (Lipinski definition) is 4. The highest BCUT2D eigenvalue weighted by atomic mass is 79.9. The van der Waals surface area contributed by atoms with Crippen molar-refractivity contribution in [3.05, 3.63) is 52.0 Å². The monoisotopic (exact) mass is 421 g/mol. The first-order valence-electron chi connectivity index (χ1n) is 8.36. The third-order valence-corrected chi connectivity index (χ3v) is 4.63. The molecular formula is C20H24BrNO4. The summed E-state index contributed by atoms with van der Waals surface area (Å²) in [5.41, 5.74) is 1.87. The SMILES string of the molecule is CC[C@H](NC(=O)Cc1cc(OC)c(OC)c(OC)c1)c1ccc(Br)cc1. The van der Waals surface area contributed by atoms with Gasteiger partial charge in [-0.15, -0.1) is 0 Å². The van der Waals surface area contributed by atoms with Crippen molar-refractivity contribution in [1.29, 1.82) is 0 Å². The Balaban J connectivity index is 2.14. The quantitative estimate of drug-likeness (QED) is 0.690. The van der Waals surface area contributed by atoms with Gasteiger partial charge in [0.05, 0.1) is 33.8 Å². The molecule has 0 spiro atoms. The number of methoxy groups -OCH3 is 3. The van der Waals surface area contributed by atoms with E-state index in [1.165, 1.54) is 0 Å². The van der Waals surface area contributed by atoms with E-state index in [2.05, 4.69) is 21.2 Å². The lowest BCUT2D eigenvalue weighted by atomic mass is 10.0. The minimum Gasteiger partial charge on any atom is -0.493 e. The fourth-order valence-electron chi connectivity index (χ4n) is 2.78. The van der Waals surface area contributed by atoms with Gasteiger partial charge in [-0.25, -0.2) is 0 Å². The third-order valence-electron chi connectivity index (χ3n) is 4.11. The predicted molar refractivity (Wildman–Crippen MR) is 105 cm³/mol. The van der Waals surface area contributed by atoms with Crippen LogP contribution in [0.5, 0.6) is 17.2 Å². The molecule has 0 unspecified atom stereocenters. The molecule has 1 N–H and O–H groups in total. The average Bonchev–Trinajstić information content (AvgIpc) is 2.65. The first kappa shape index (κ1) is 20.1. The number of benzene rings is 2. The van der Waals surface area contributed by atoms with Gasteiger partial charge >= 0.3 is 0 Å². The van der Waals surface area contributed by atoms with Crippen molar-refractivity contribution in [3.8, 4) is 17.2 Å². The highest BCUT2D eigenvalue weighted by Gasteiger charge is 2.17. The van der Waals surface area contributed by atoms with Gasteiger partial charge in [0.2, 0.25) is 11.7 Å². The summed E-state index contributed by atoms with van der Waals surface area (Å²) in [7, 11) is 4.67. The van der Waals surface area contributed by atoms with Crippen molar-refractivity contribution in [2.75, 3.05) is 21.3 Å². The molecule has 26 heavy (non-hydrogen) atoms. The normalized spacial score (nSPS) is 11.6. The number of carbonyl (C=O) groups excluding carboxylic acids is 1. The molecule has 0 saturated heterocycles. The van der Waals surface area contributed by atoms with Crippen molar-refractivity contribution in [2.45, 2.75) is 25.8 Å². The van der Waals surface area contributed by atoms with Crippen LogP contribution in [0.2, 0.25) is 0 Å². The molecular weight excluding hydrogens is 398 g/mol. The maximum atomic E-state index is 12.5. The summed E-state index contributed by atoms with van der Waals surface area (Å²) in [5, 5.41) is 3.09. The van der Waals surface area contributed by atoms with Gasteiger partial charge in [0.1, 0.15) is 0 Å². The van der Waals surface area contributed by atoms with Crippen LogP contribution in [0, 0.1) is 0 Å². The number of hydrogen-bond donors (Lipinski definition) is 1. The Morgan fingerprint density at radius 1 is 1.04 bits per heavy atom. The highest BCUT2D eigenvalue weighted by Crippen LogP contribution is 2.38. The second-order valence-electron chi connectivity index (χ2n) is 5.79. The molecule has 0 bridgehead atoms. The van der Waals surface area contributed by atoms with Crippen LogP contribution in [-0.2, 0) is 11.2 Å². The molecule has 0 heterocycles. The van der Waals surface area contributed by atoms with Gasteiger partial charge in [0.25, 0.3) is 0 Å². The van der Waals surface area contributed by atoms with Crippen LogP contribution in [0.3, 0.4) is 0 Å². The van der Waals surface area contributed by atoms with Crippen LogP contribution >= 0.6 is 15.9 Å². The molecule has 0 radical (unpaired) electrons. The number of rotatable bonds is 8. The van der Waals surface area contributed by atoms with E-state index in [0.717, 1.165) is 22.0 Å². The average molecular weight is 422 g/mol. The van der Waals surface area contributed by atoms with E-state index in [1.54, 1.807) is 33.5 Å². The molecule has 2 aromatic carbocycles. The molecule has 0 saturated carbocycles. The molecule has 0 aromatic heterocycles. The Kier molecular flexibility index (Phi) is 7.33. The molecule has 1 atom stereocenters. The highest BCUT2D eigenvalue weighted by molar-refractivity contribution is 9.10. The minimum absolute atomic E-state index is 0.0300. The molecule has 2 rings (SSSR count). The van der Waals surface area contributed by atoms with Crippen molar-refractivity contribution in [2.24, 2.45) is 0 Å². The van der Waals surface area contributed by atoms with E-state index in [4.69, 9.17) is 14.2 Å². The molecule has 1 amide bonds. The molecule has 140 valence electrons. The summed E-state index contributed by atoms with van der Waals surface area (Å²) in [6.45, 7) is 2.05. The summed E-state index contributed by atoms with van der Waals surface area (Å²) in [5.74, 6) is 1.53. The zero-order valence-corrected chi connectivity index (χ0v) is 17.1. The van der Waals surface area contributed by atoms with Crippen LogP contribution in [-0.4, -0.2) is 27.2 Å². The maximum absolute atomic E-state index is 12.5. The van der Waals surface area contributed by atoms with Gasteiger partial charge in [-0.05, 0) is 41.8 Å². The smallest absolute Gasteiger partial charge is 0.224 e. The van der Waals surface area contributed by atoms with Crippen LogP contribution < -0.4 is 19.5 Å². The molecule has 0 fully saturated rings. The number of nitrogens with one attached hydrogen (secondary N) is 1. The molecule has 0 aliphatic rings. The molecule has 0 aliphatic carbocycles. The fourth-order valence-corrected chi connectivity index (χ4v) is 3.05. The lowest BCUT2D eigenvalue weighted by Gasteiger charge is -2.18. The Morgan fingerprint density at radius 2 is 1.62 bits per heavy atom. The zero-order chi connectivity index (χ0) is 19.1. The molecule has 0 aliphatic heterocycles. The number of amides is 1. The Labute approximate surface area is 162 Å². The van der Waals surface area contributed by atoms with Crippen molar-refractivity contribution >= 4 is 21.8 Å². The van der Waals surface area contributed by atoms with Gasteiger partial charge < -0.3 is 19.5 Å². The topological polar surface area (TPSA) is 56.8 Å².